The number of aromatic nitrogens is 2. The van der Waals surface area contributed by atoms with E-state index in [1.807, 2.05) is 67.1 Å². The van der Waals surface area contributed by atoms with E-state index in [0.717, 1.165) is 54.2 Å². The second kappa shape index (κ2) is 18.8. The summed E-state index contributed by atoms with van der Waals surface area (Å²) >= 11 is 12.8. The molecule has 2 N–H and O–H groups in total. The number of hydrogen-bond acceptors (Lipinski definition) is 8. The molecule has 5 aromatic carbocycles. The molecule has 1 aliphatic rings. The molecule has 7 aromatic rings. The lowest BCUT2D eigenvalue weighted by atomic mass is 10.0. The number of imidazole rings is 1. The van der Waals surface area contributed by atoms with Crippen LogP contribution in [-0.4, -0.2) is 40.7 Å². The minimum atomic E-state index is -1.12. The van der Waals surface area contributed by atoms with Crippen molar-refractivity contribution in [3.8, 4) is 5.75 Å². The number of unbranched alkanes of at least 4 members (excludes halogenated alkanes) is 1. The van der Waals surface area contributed by atoms with Gasteiger partial charge >= 0.3 is 0 Å². The number of aryl methyl sites for hydroxylation is 4. The van der Waals surface area contributed by atoms with Crippen molar-refractivity contribution in [2.24, 2.45) is 0 Å². The highest BCUT2D eigenvalue weighted by molar-refractivity contribution is 6.35. The molecule has 0 bridgehead atoms. The molecule has 0 saturated carbocycles. The van der Waals surface area contributed by atoms with Crippen LogP contribution in [0, 0.1) is 13.8 Å². The molecule has 8 rings (SSSR count). The van der Waals surface area contributed by atoms with Gasteiger partial charge in [-0.3, -0.25) is 14.4 Å². The predicted molar refractivity (Wildman–Crippen MR) is 241 cm³/mol. The highest BCUT2D eigenvalue weighted by Gasteiger charge is 2.45. The van der Waals surface area contributed by atoms with E-state index in [0.29, 0.717) is 57.7 Å². The molecule has 1 saturated heterocycles. The lowest BCUT2D eigenvalue weighted by Gasteiger charge is -2.30. The fourth-order valence-electron chi connectivity index (χ4n) is 7.47. The van der Waals surface area contributed by atoms with Gasteiger partial charge in [-0.05, 0) is 122 Å². The number of rotatable bonds is 15. The first-order valence-corrected chi connectivity index (χ1v) is 21.1. The van der Waals surface area contributed by atoms with E-state index in [9.17, 15) is 14.4 Å². The average Bonchev–Trinajstić information content (AvgIpc) is 3.94. The van der Waals surface area contributed by atoms with Gasteiger partial charge < -0.3 is 33.8 Å². The van der Waals surface area contributed by atoms with Gasteiger partial charge in [-0.1, -0.05) is 65.7 Å². The quantitative estimate of drug-likeness (QED) is 0.0973. The Kier molecular flexibility index (Phi) is 12.9. The summed E-state index contributed by atoms with van der Waals surface area (Å²) < 4.78 is 26.7. The van der Waals surface area contributed by atoms with Gasteiger partial charge in [0, 0.05) is 34.7 Å². The van der Waals surface area contributed by atoms with Crippen LogP contribution < -0.4 is 20.8 Å². The molecule has 2 aromatic heterocycles. The van der Waals surface area contributed by atoms with Crippen LogP contribution in [0.5, 0.6) is 5.75 Å². The summed E-state index contributed by atoms with van der Waals surface area (Å²) in [7, 11) is 0. The summed E-state index contributed by atoms with van der Waals surface area (Å²) in [6, 6.07) is 32.5. The van der Waals surface area contributed by atoms with Gasteiger partial charge in [-0.2, -0.15) is 0 Å². The maximum atomic E-state index is 13.6. The Morgan fingerprint density at radius 3 is 2.44 bits per heavy atom. The number of halogens is 2. The van der Waals surface area contributed by atoms with Crippen LogP contribution in [-0.2, 0) is 34.6 Å². The molecule has 11 nitrogen and oxygen atoms in total. The SMILES string of the molecule is Cc1cc(NC(=O)c2cc(=O)c3ccccc3o2)c(C(=O)Nc2ccc(CCCCc3cccc(OC[C@@H]4CO[C@@](Cn5ccnc5)(c5ccc(Cl)cc5Cl)O4)c3)cc2)cc1C. The standard InChI is InChI=1S/C49H44Cl2N4O7/c1-31-22-40(43(23-32(31)2)54-48(58)46-26-44(56)39-12-5-6-13-45(39)61-46)47(57)53-36-17-14-33(15-18-36)8-3-4-9-34-10-7-11-37(24-34)59-27-38-28-60-49(62-38,29-55-21-20-52-30-55)41-19-16-35(50)25-42(41)51/h5-7,10-26,30,38H,3-4,8-9,27-29H2,1-2H3,(H,53,57)(H,54,58)/t38-,49-/m1/s1. The van der Waals surface area contributed by atoms with E-state index in [1.165, 1.54) is 5.56 Å². The number of benzene rings is 5. The molecule has 0 radical (unpaired) electrons. The highest BCUT2D eigenvalue weighted by atomic mass is 35.5. The minimum Gasteiger partial charge on any atom is -0.491 e. The van der Waals surface area contributed by atoms with Gasteiger partial charge in [-0.15, -0.1) is 0 Å². The molecule has 316 valence electrons. The van der Waals surface area contributed by atoms with Crippen LogP contribution in [0.3, 0.4) is 0 Å². The maximum absolute atomic E-state index is 13.6. The highest BCUT2D eigenvalue weighted by Crippen LogP contribution is 2.40. The van der Waals surface area contributed by atoms with Crippen molar-refractivity contribution in [1.82, 2.24) is 9.55 Å². The molecule has 3 heterocycles. The molecule has 2 amide bonds. The lowest BCUT2D eigenvalue weighted by molar-refractivity contribution is -0.189. The third kappa shape index (κ3) is 9.93. The van der Waals surface area contributed by atoms with Crippen LogP contribution in [0.4, 0.5) is 11.4 Å². The monoisotopic (exact) mass is 870 g/mol. The van der Waals surface area contributed by atoms with Gasteiger partial charge in [0.05, 0.1) is 41.1 Å². The Morgan fingerprint density at radius 1 is 0.855 bits per heavy atom. The predicted octanol–water partition coefficient (Wildman–Crippen LogP) is 10.3. The fourth-order valence-corrected chi connectivity index (χ4v) is 8.03. The first-order valence-electron chi connectivity index (χ1n) is 20.3. The third-order valence-corrected chi connectivity index (χ3v) is 11.4. The summed E-state index contributed by atoms with van der Waals surface area (Å²) in [5, 5.41) is 7.11. The summed E-state index contributed by atoms with van der Waals surface area (Å²) in [5.41, 5.74) is 5.98. The summed E-state index contributed by atoms with van der Waals surface area (Å²) in [4.78, 5) is 43.6. The van der Waals surface area contributed by atoms with Crippen molar-refractivity contribution in [3.05, 3.63) is 187 Å². The molecule has 2 atom stereocenters. The summed E-state index contributed by atoms with van der Waals surface area (Å²) in [5.74, 6) is -1.53. The Hall–Kier alpha value is -6.24. The van der Waals surface area contributed by atoms with Crippen molar-refractivity contribution >= 4 is 57.4 Å². The zero-order valence-electron chi connectivity index (χ0n) is 34.2. The average molecular weight is 872 g/mol. The van der Waals surface area contributed by atoms with E-state index in [2.05, 4.69) is 27.8 Å². The van der Waals surface area contributed by atoms with Crippen molar-refractivity contribution in [3.63, 3.8) is 0 Å². The summed E-state index contributed by atoms with van der Waals surface area (Å²) in [6.45, 7) is 4.77. The molecule has 0 aliphatic carbocycles. The van der Waals surface area contributed by atoms with Crippen molar-refractivity contribution < 1.29 is 28.2 Å². The van der Waals surface area contributed by atoms with E-state index in [4.69, 9.17) is 41.8 Å². The number of ether oxygens (including phenoxy) is 3. The van der Waals surface area contributed by atoms with Crippen molar-refractivity contribution in [1.29, 1.82) is 0 Å². The number of carbonyl (C=O) groups is 2. The Balaban J connectivity index is 0.821. The number of fused-ring (bicyclic) bond motifs is 1. The second-order valence-corrected chi connectivity index (χ2v) is 16.2. The third-order valence-electron chi connectivity index (χ3n) is 10.9. The van der Waals surface area contributed by atoms with E-state index >= 15 is 0 Å². The molecule has 0 unspecified atom stereocenters. The van der Waals surface area contributed by atoms with E-state index in [1.54, 1.807) is 61.1 Å². The number of para-hydroxylation sites is 1. The minimum absolute atomic E-state index is 0.148. The topological polar surface area (TPSA) is 134 Å². The molecule has 1 fully saturated rings. The zero-order valence-corrected chi connectivity index (χ0v) is 35.7. The Labute approximate surface area is 368 Å². The van der Waals surface area contributed by atoms with Crippen LogP contribution in [0.15, 0.2) is 137 Å². The molecule has 0 spiro atoms. The van der Waals surface area contributed by atoms with Gasteiger partial charge in [0.2, 0.25) is 5.79 Å². The lowest BCUT2D eigenvalue weighted by Crippen LogP contribution is -2.34. The smallest absolute Gasteiger partial charge is 0.291 e. The number of nitrogens with zero attached hydrogens (tertiary/aromatic N) is 2. The van der Waals surface area contributed by atoms with Crippen LogP contribution in [0.25, 0.3) is 11.0 Å². The van der Waals surface area contributed by atoms with Crippen LogP contribution >= 0.6 is 23.2 Å². The number of hydrogen-bond donors (Lipinski definition) is 2. The van der Waals surface area contributed by atoms with Crippen molar-refractivity contribution in [2.45, 2.75) is 58.0 Å². The summed E-state index contributed by atoms with van der Waals surface area (Å²) in [6.07, 6.45) is 8.64. The molecule has 62 heavy (non-hydrogen) atoms. The van der Waals surface area contributed by atoms with Crippen molar-refractivity contribution in [2.75, 3.05) is 23.8 Å². The Bertz CT molecular complexity index is 2790. The molecular formula is C49H44Cl2N4O7. The molecular weight excluding hydrogens is 827 g/mol. The van der Waals surface area contributed by atoms with E-state index < -0.39 is 11.7 Å². The van der Waals surface area contributed by atoms with Gasteiger partial charge in [-0.25, -0.2) is 4.98 Å². The van der Waals surface area contributed by atoms with Gasteiger partial charge in [0.25, 0.3) is 11.8 Å². The van der Waals surface area contributed by atoms with Gasteiger partial charge in [0.15, 0.2) is 11.2 Å². The molecule has 1 aliphatic heterocycles. The van der Waals surface area contributed by atoms with Crippen LogP contribution in [0.2, 0.25) is 10.0 Å². The second-order valence-electron chi connectivity index (χ2n) is 15.4. The largest absolute Gasteiger partial charge is 0.491 e. The first-order chi connectivity index (χ1) is 30.0. The molecule has 13 heteroatoms. The Morgan fingerprint density at radius 2 is 1.65 bits per heavy atom. The maximum Gasteiger partial charge on any atom is 0.291 e. The number of amides is 2. The number of anilines is 2. The number of nitrogens with one attached hydrogen (secondary N) is 2. The van der Waals surface area contributed by atoms with Gasteiger partial charge in [0.1, 0.15) is 24.0 Å². The number of carbonyl (C=O) groups excluding carboxylic acids is 2. The van der Waals surface area contributed by atoms with Crippen LogP contribution in [0.1, 0.15) is 61.6 Å². The zero-order chi connectivity index (χ0) is 43.2. The fraction of sp³-hybridized carbons (Fsp3) is 0.224. The van der Waals surface area contributed by atoms with E-state index in [-0.39, 0.29) is 28.8 Å². The normalized spacial score (nSPS) is 16.0. The first kappa shape index (κ1) is 42.5.